The smallest absolute Gasteiger partial charge is 0.266 e. The van der Waals surface area contributed by atoms with Crippen molar-refractivity contribution in [1.82, 2.24) is 0 Å². The van der Waals surface area contributed by atoms with E-state index >= 15 is 0 Å². The number of nitrogens with zero attached hydrogens (tertiary/aromatic N) is 1. The number of hydrogen-bond donors (Lipinski definition) is 1. The third-order valence-electron chi connectivity index (χ3n) is 3.77. The van der Waals surface area contributed by atoms with Crippen LogP contribution in [-0.4, -0.2) is 26.7 Å². The van der Waals surface area contributed by atoms with Crippen LogP contribution in [0.25, 0.3) is 6.08 Å². The number of carbonyl (C=O) groups excluding carboxylic acids is 1. The molecular formula is C21H22N2O4. The molecule has 0 saturated carbocycles. The number of nitriles is 1. The van der Waals surface area contributed by atoms with Gasteiger partial charge < -0.3 is 19.5 Å². The van der Waals surface area contributed by atoms with E-state index in [4.69, 9.17) is 14.2 Å². The van der Waals surface area contributed by atoms with E-state index in [1.807, 2.05) is 26.0 Å². The van der Waals surface area contributed by atoms with E-state index < -0.39 is 5.91 Å². The van der Waals surface area contributed by atoms with Crippen molar-refractivity contribution in [1.29, 1.82) is 5.26 Å². The Bertz CT molecular complexity index is 898. The van der Waals surface area contributed by atoms with E-state index in [1.165, 1.54) is 13.2 Å². The molecule has 6 nitrogen and oxygen atoms in total. The Kier molecular flexibility index (Phi) is 6.84. The predicted molar refractivity (Wildman–Crippen MR) is 104 cm³/mol. The highest BCUT2D eigenvalue weighted by atomic mass is 16.5. The van der Waals surface area contributed by atoms with Gasteiger partial charge in [-0.1, -0.05) is 12.1 Å². The number of benzene rings is 2. The lowest BCUT2D eigenvalue weighted by atomic mass is 10.1. The quantitative estimate of drug-likeness (QED) is 0.593. The van der Waals surface area contributed by atoms with Crippen molar-refractivity contribution in [3.05, 3.63) is 53.1 Å². The van der Waals surface area contributed by atoms with Crippen LogP contribution in [0.1, 0.15) is 18.1 Å². The van der Waals surface area contributed by atoms with Crippen molar-refractivity contribution < 1.29 is 19.0 Å². The first-order valence-electron chi connectivity index (χ1n) is 8.41. The zero-order chi connectivity index (χ0) is 19.8. The van der Waals surface area contributed by atoms with Gasteiger partial charge >= 0.3 is 0 Å². The Hall–Kier alpha value is -3.46. The minimum absolute atomic E-state index is 0.0359. The van der Waals surface area contributed by atoms with Gasteiger partial charge in [-0.3, -0.25) is 4.79 Å². The zero-order valence-corrected chi connectivity index (χ0v) is 15.8. The summed E-state index contributed by atoms with van der Waals surface area (Å²) in [5.41, 5.74) is 2.09. The van der Waals surface area contributed by atoms with Gasteiger partial charge in [0.1, 0.15) is 17.4 Å². The van der Waals surface area contributed by atoms with Crippen LogP contribution in [0, 0.1) is 18.3 Å². The lowest BCUT2D eigenvalue weighted by Gasteiger charge is -2.11. The normalized spacial score (nSPS) is 10.7. The van der Waals surface area contributed by atoms with Gasteiger partial charge in [-0.15, -0.1) is 0 Å². The van der Waals surface area contributed by atoms with Gasteiger partial charge in [-0.25, -0.2) is 0 Å². The third kappa shape index (κ3) is 5.02. The van der Waals surface area contributed by atoms with Crippen LogP contribution >= 0.6 is 0 Å². The molecule has 0 aliphatic heterocycles. The summed E-state index contributed by atoms with van der Waals surface area (Å²) in [4.78, 5) is 12.5. The van der Waals surface area contributed by atoms with E-state index in [9.17, 15) is 10.1 Å². The first-order valence-corrected chi connectivity index (χ1v) is 8.41. The van der Waals surface area contributed by atoms with E-state index in [-0.39, 0.29) is 5.57 Å². The summed E-state index contributed by atoms with van der Waals surface area (Å²) in [6, 6.07) is 12.6. The van der Waals surface area contributed by atoms with E-state index in [1.54, 1.807) is 37.4 Å². The number of nitrogens with one attached hydrogen (secondary N) is 1. The Morgan fingerprint density at radius 3 is 2.44 bits per heavy atom. The van der Waals surface area contributed by atoms with Gasteiger partial charge in [0, 0.05) is 0 Å². The maximum Gasteiger partial charge on any atom is 0.266 e. The maximum atomic E-state index is 12.5. The van der Waals surface area contributed by atoms with Gasteiger partial charge in [0.15, 0.2) is 11.5 Å². The molecule has 1 amide bonds. The molecule has 140 valence electrons. The molecule has 2 rings (SSSR count). The molecule has 0 radical (unpaired) electrons. The second-order valence-electron chi connectivity index (χ2n) is 5.67. The fourth-order valence-electron chi connectivity index (χ4n) is 2.48. The molecule has 1 N–H and O–H groups in total. The molecule has 0 aromatic heterocycles. The van der Waals surface area contributed by atoms with Gasteiger partial charge in [-0.2, -0.15) is 5.26 Å². The number of methoxy groups -OCH3 is 2. The summed E-state index contributed by atoms with van der Waals surface area (Å²) < 4.78 is 16.0. The number of amides is 1. The van der Waals surface area contributed by atoms with Crippen LogP contribution in [0.2, 0.25) is 0 Å². The molecule has 2 aromatic carbocycles. The fourth-order valence-corrected chi connectivity index (χ4v) is 2.48. The van der Waals surface area contributed by atoms with Crippen LogP contribution in [-0.2, 0) is 4.79 Å². The van der Waals surface area contributed by atoms with Crippen molar-refractivity contribution in [2.45, 2.75) is 13.8 Å². The van der Waals surface area contributed by atoms with Crippen molar-refractivity contribution in [3.8, 4) is 23.3 Å². The highest BCUT2D eigenvalue weighted by Crippen LogP contribution is 2.29. The second kappa shape index (κ2) is 9.30. The number of ether oxygens (including phenoxy) is 3. The topological polar surface area (TPSA) is 80.6 Å². The molecule has 0 aliphatic rings. The molecule has 0 heterocycles. The molecule has 2 aromatic rings. The van der Waals surface area contributed by atoms with E-state index in [2.05, 4.69) is 5.32 Å². The molecule has 0 unspecified atom stereocenters. The van der Waals surface area contributed by atoms with Crippen molar-refractivity contribution in [2.24, 2.45) is 0 Å². The lowest BCUT2D eigenvalue weighted by molar-refractivity contribution is -0.112. The second-order valence-corrected chi connectivity index (χ2v) is 5.67. The fraction of sp³-hybridized carbons (Fsp3) is 0.238. The van der Waals surface area contributed by atoms with E-state index in [0.29, 0.717) is 35.1 Å². The average molecular weight is 366 g/mol. The monoisotopic (exact) mass is 366 g/mol. The van der Waals surface area contributed by atoms with Crippen LogP contribution in [0.3, 0.4) is 0 Å². The largest absolute Gasteiger partial charge is 0.495 e. The van der Waals surface area contributed by atoms with Crippen molar-refractivity contribution >= 4 is 17.7 Å². The van der Waals surface area contributed by atoms with Gasteiger partial charge in [-0.05, 0) is 55.3 Å². The lowest BCUT2D eigenvalue weighted by Crippen LogP contribution is -2.14. The molecule has 0 spiro atoms. The number of aryl methyl sites for hydroxylation is 1. The molecule has 0 aliphatic carbocycles. The van der Waals surface area contributed by atoms with Gasteiger partial charge in [0.05, 0.1) is 26.5 Å². The molecule has 0 fully saturated rings. The van der Waals surface area contributed by atoms with Crippen LogP contribution in [0.15, 0.2) is 42.0 Å². The standard InChI is InChI=1S/C21H22N2O4/c1-5-27-20-12-15(7-9-19(20)26-4)11-16(13-22)21(24)23-17-10-14(2)6-8-18(17)25-3/h6-12H,5H2,1-4H3,(H,23,24)/b16-11+. The molecule has 0 saturated heterocycles. The van der Waals surface area contributed by atoms with Crippen LogP contribution in [0.4, 0.5) is 5.69 Å². The first kappa shape index (κ1) is 19.9. The SMILES string of the molecule is CCOc1cc(/C=C(\C#N)C(=O)Nc2cc(C)ccc2OC)ccc1OC. The Morgan fingerprint density at radius 2 is 1.81 bits per heavy atom. The highest BCUT2D eigenvalue weighted by molar-refractivity contribution is 6.10. The summed E-state index contributed by atoms with van der Waals surface area (Å²) in [5.74, 6) is 1.14. The summed E-state index contributed by atoms with van der Waals surface area (Å²) >= 11 is 0. The Morgan fingerprint density at radius 1 is 1.11 bits per heavy atom. The molecule has 0 atom stereocenters. The van der Waals surface area contributed by atoms with Crippen LogP contribution in [0.5, 0.6) is 17.2 Å². The number of rotatable bonds is 7. The first-order chi connectivity index (χ1) is 13.0. The van der Waals surface area contributed by atoms with E-state index in [0.717, 1.165) is 5.56 Å². The molecule has 27 heavy (non-hydrogen) atoms. The number of anilines is 1. The number of hydrogen-bond acceptors (Lipinski definition) is 5. The average Bonchev–Trinajstić information content (AvgIpc) is 2.66. The molecule has 6 heteroatoms. The minimum Gasteiger partial charge on any atom is -0.495 e. The zero-order valence-electron chi connectivity index (χ0n) is 15.8. The number of carbonyl (C=O) groups is 1. The summed E-state index contributed by atoms with van der Waals surface area (Å²) in [5, 5.41) is 12.1. The van der Waals surface area contributed by atoms with Crippen molar-refractivity contribution in [2.75, 3.05) is 26.1 Å². The summed E-state index contributed by atoms with van der Waals surface area (Å²) in [6.07, 6.45) is 1.50. The Balaban J connectivity index is 2.31. The highest BCUT2D eigenvalue weighted by Gasteiger charge is 2.13. The minimum atomic E-state index is -0.518. The maximum absolute atomic E-state index is 12.5. The van der Waals surface area contributed by atoms with Gasteiger partial charge in [0.2, 0.25) is 0 Å². The summed E-state index contributed by atoms with van der Waals surface area (Å²) in [7, 11) is 3.07. The van der Waals surface area contributed by atoms with Crippen LogP contribution < -0.4 is 19.5 Å². The molecule has 0 bridgehead atoms. The Labute approximate surface area is 159 Å². The third-order valence-corrected chi connectivity index (χ3v) is 3.77. The summed E-state index contributed by atoms with van der Waals surface area (Å²) in [6.45, 7) is 4.25. The van der Waals surface area contributed by atoms with Gasteiger partial charge in [0.25, 0.3) is 5.91 Å². The molecular weight excluding hydrogens is 344 g/mol. The predicted octanol–water partition coefficient (Wildman–Crippen LogP) is 3.96. The van der Waals surface area contributed by atoms with Crippen molar-refractivity contribution in [3.63, 3.8) is 0 Å².